The second kappa shape index (κ2) is 6.21. The first-order valence-corrected chi connectivity index (χ1v) is 7.80. The van der Waals surface area contributed by atoms with E-state index in [1.165, 1.54) is 0 Å². The zero-order valence-electron chi connectivity index (χ0n) is 12.9. The molecule has 1 heterocycles. The fourth-order valence-corrected chi connectivity index (χ4v) is 3.61. The predicted molar refractivity (Wildman–Crippen MR) is 87.5 cm³/mol. The van der Waals surface area contributed by atoms with Crippen LogP contribution in [0.5, 0.6) is 0 Å². The van der Waals surface area contributed by atoms with Crippen molar-refractivity contribution in [2.75, 3.05) is 20.1 Å². The third kappa shape index (κ3) is 2.80. The summed E-state index contributed by atoms with van der Waals surface area (Å²) in [5.74, 6) is -0.0500. The highest BCUT2D eigenvalue weighted by atomic mass is 16.3. The molecule has 3 nitrogen and oxygen atoms in total. The largest absolute Gasteiger partial charge is 0.392 e. The molecular formula is C19H23NO2. The van der Waals surface area contributed by atoms with Crippen LogP contribution in [0.1, 0.15) is 17.5 Å². The van der Waals surface area contributed by atoms with Crippen molar-refractivity contribution in [2.24, 2.45) is 5.92 Å². The summed E-state index contributed by atoms with van der Waals surface area (Å²) in [5, 5.41) is 21.8. The van der Waals surface area contributed by atoms with Gasteiger partial charge in [-0.25, -0.2) is 0 Å². The molecule has 0 bridgehead atoms. The zero-order chi connectivity index (χ0) is 15.6. The topological polar surface area (TPSA) is 43.7 Å². The number of rotatable bonds is 3. The summed E-state index contributed by atoms with van der Waals surface area (Å²) in [6.45, 7) is 1.42. The van der Waals surface area contributed by atoms with Gasteiger partial charge in [0.05, 0.1) is 6.10 Å². The van der Waals surface area contributed by atoms with E-state index in [0.29, 0.717) is 13.0 Å². The molecule has 3 heteroatoms. The van der Waals surface area contributed by atoms with Crippen molar-refractivity contribution in [2.45, 2.75) is 18.1 Å². The van der Waals surface area contributed by atoms with Crippen LogP contribution in [0.2, 0.25) is 0 Å². The van der Waals surface area contributed by atoms with E-state index in [1.807, 2.05) is 67.7 Å². The van der Waals surface area contributed by atoms with Crippen molar-refractivity contribution >= 4 is 0 Å². The Balaban J connectivity index is 2.07. The Morgan fingerprint density at radius 1 is 0.909 bits per heavy atom. The molecule has 0 aliphatic carbocycles. The first kappa shape index (κ1) is 15.2. The minimum atomic E-state index is -1.09. The third-order valence-corrected chi connectivity index (χ3v) is 4.63. The molecule has 1 saturated heterocycles. The molecule has 0 saturated carbocycles. The van der Waals surface area contributed by atoms with Crippen LogP contribution < -0.4 is 0 Å². The SMILES string of the molecule is CN1C[C@H](O)C[C@H](C(O)(c2ccccc2)c2ccccc2)C1. The van der Waals surface area contributed by atoms with Crippen molar-refractivity contribution in [3.8, 4) is 0 Å². The number of nitrogens with zero attached hydrogens (tertiary/aromatic N) is 1. The highest BCUT2D eigenvalue weighted by Gasteiger charge is 2.43. The van der Waals surface area contributed by atoms with Gasteiger partial charge < -0.3 is 15.1 Å². The van der Waals surface area contributed by atoms with E-state index in [4.69, 9.17) is 0 Å². The Morgan fingerprint density at radius 3 is 1.86 bits per heavy atom. The predicted octanol–water partition coefficient (Wildman–Crippen LogP) is 2.24. The Bertz CT molecular complexity index is 550. The minimum absolute atomic E-state index is 0.0500. The van der Waals surface area contributed by atoms with E-state index in [1.54, 1.807) is 0 Å². The maximum absolute atomic E-state index is 11.7. The van der Waals surface area contributed by atoms with Crippen LogP contribution in [-0.2, 0) is 5.60 Å². The lowest BCUT2D eigenvalue weighted by molar-refractivity contribution is -0.0507. The van der Waals surface area contributed by atoms with Crippen LogP contribution in [0.25, 0.3) is 0 Å². The Hall–Kier alpha value is -1.68. The van der Waals surface area contributed by atoms with Crippen LogP contribution in [0.15, 0.2) is 60.7 Å². The van der Waals surface area contributed by atoms with Gasteiger partial charge in [0.1, 0.15) is 5.60 Å². The van der Waals surface area contributed by atoms with Gasteiger partial charge in [0.2, 0.25) is 0 Å². The number of benzene rings is 2. The van der Waals surface area contributed by atoms with E-state index < -0.39 is 11.7 Å². The average molecular weight is 297 g/mol. The molecule has 2 N–H and O–H groups in total. The van der Waals surface area contributed by atoms with Crippen LogP contribution >= 0.6 is 0 Å². The maximum atomic E-state index is 11.7. The normalized spacial score (nSPS) is 23.4. The molecule has 0 unspecified atom stereocenters. The molecule has 0 aromatic heterocycles. The van der Waals surface area contributed by atoms with E-state index in [0.717, 1.165) is 17.7 Å². The van der Waals surface area contributed by atoms with E-state index in [9.17, 15) is 10.2 Å². The summed E-state index contributed by atoms with van der Waals surface area (Å²) >= 11 is 0. The molecule has 0 amide bonds. The van der Waals surface area contributed by atoms with Gasteiger partial charge in [-0.05, 0) is 24.6 Å². The molecule has 1 aliphatic rings. The first-order chi connectivity index (χ1) is 10.6. The van der Waals surface area contributed by atoms with Gasteiger partial charge in [0.15, 0.2) is 0 Å². The van der Waals surface area contributed by atoms with Gasteiger partial charge in [-0.2, -0.15) is 0 Å². The number of hydrogen-bond donors (Lipinski definition) is 2. The summed E-state index contributed by atoms with van der Waals surface area (Å²) in [6.07, 6.45) is 0.202. The molecule has 1 aliphatic heterocycles. The number of β-amino-alcohol motifs (C(OH)–C–C–N with tert-alkyl or cyclic N) is 1. The van der Waals surface area contributed by atoms with Crippen molar-refractivity contribution in [1.82, 2.24) is 4.90 Å². The molecular weight excluding hydrogens is 274 g/mol. The van der Waals surface area contributed by atoms with Crippen LogP contribution in [0, 0.1) is 5.92 Å². The van der Waals surface area contributed by atoms with Gasteiger partial charge in [-0.1, -0.05) is 60.7 Å². The van der Waals surface area contributed by atoms with Crippen molar-refractivity contribution in [3.63, 3.8) is 0 Å². The monoisotopic (exact) mass is 297 g/mol. The summed E-state index contributed by atoms with van der Waals surface area (Å²) in [7, 11) is 1.99. The number of aliphatic hydroxyl groups excluding tert-OH is 1. The van der Waals surface area contributed by atoms with Crippen molar-refractivity contribution < 1.29 is 10.2 Å². The lowest BCUT2D eigenvalue weighted by atomic mass is 9.72. The number of likely N-dealkylation sites (N-methyl/N-ethyl adjacent to an activating group) is 1. The summed E-state index contributed by atoms with van der Waals surface area (Å²) in [5.41, 5.74) is 0.681. The second-order valence-corrected chi connectivity index (χ2v) is 6.31. The summed E-state index contributed by atoms with van der Waals surface area (Å²) in [6, 6.07) is 19.6. The quantitative estimate of drug-likeness (QED) is 0.913. The molecule has 0 spiro atoms. The number of likely N-dealkylation sites (tertiary alicyclic amines) is 1. The third-order valence-electron chi connectivity index (χ3n) is 4.63. The van der Waals surface area contributed by atoms with Gasteiger partial charge in [0.25, 0.3) is 0 Å². The number of hydrogen-bond acceptors (Lipinski definition) is 3. The molecule has 116 valence electrons. The fourth-order valence-electron chi connectivity index (χ4n) is 3.61. The minimum Gasteiger partial charge on any atom is -0.392 e. The second-order valence-electron chi connectivity index (χ2n) is 6.31. The van der Waals surface area contributed by atoms with E-state index in [2.05, 4.69) is 4.90 Å². The van der Waals surface area contributed by atoms with Crippen molar-refractivity contribution in [1.29, 1.82) is 0 Å². The molecule has 2 aromatic rings. The smallest absolute Gasteiger partial charge is 0.119 e. The highest BCUT2D eigenvalue weighted by molar-refractivity contribution is 5.37. The van der Waals surface area contributed by atoms with Gasteiger partial charge in [-0.3, -0.25) is 0 Å². The summed E-state index contributed by atoms with van der Waals surface area (Å²) < 4.78 is 0. The van der Waals surface area contributed by atoms with E-state index in [-0.39, 0.29) is 5.92 Å². The van der Waals surface area contributed by atoms with Crippen LogP contribution in [0.3, 0.4) is 0 Å². The highest BCUT2D eigenvalue weighted by Crippen LogP contribution is 2.40. The standard InChI is InChI=1S/C19H23NO2/c1-20-13-17(12-18(21)14-20)19(22,15-8-4-2-5-9-15)16-10-6-3-7-11-16/h2-11,17-18,21-22H,12-14H2,1H3/t17-,18+/m0/s1. The van der Waals surface area contributed by atoms with Crippen LogP contribution in [0.4, 0.5) is 0 Å². The lowest BCUT2D eigenvalue weighted by Gasteiger charge is -2.43. The average Bonchev–Trinajstić information content (AvgIpc) is 2.55. The Labute approximate surface area is 131 Å². The van der Waals surface area contributed by atoms with Crippen molar-refractivity contribution in [3.05, 3.63) is 71.8 Å². The molecule has 22 heavy (non-hydrogen) atoms. The number of piperidine rings is 1. The molecule has 3 rings (SSSR count). The first-order valence-electron chi connectivity index (χ1n) is 7.80. The lowest BCUT2D eigenvalue weighted by Crippen LogP contribution is -2.50. The summed E-state index contributed by atoms with van der Waals surface area (Å²) in [4.78, 5) is 2.09. The zero-order valence-corrected chi connectivity index (χ0v) is 12.9. The number of aliphatic hydroxyl groups is 2. The Morgan fingerprint density at radius 2 is 1.41 bits per heavy atom. The van der Waals surface area contributed by atoms with Gasteiger partial charge >= 0.3 is 0 Å². The molecule has 1 fully saturated rings. The van der Waals surface area contributed by atoms with Gasteiger partial charge in [0, 0.05) is 19.0 Å². The molecule has 0 radical (unpaired) electrons. The molecule has 2 aromatic carbocycles. The molecule has 2 atom stereocenters. The fraction of sp³-hybridized carbons (Fsp3) is 0.368. The maximum Gasteiger partial charge on any atom is 0.119 e. The van der Waals surface area contributed by atoms with Gasteiger partial charge in [-0.15, -0.1) is 0 Å². The van der Waals surface area contributed by atoms with Crippen LogP contribution in [-0.4, -0.2) is 41.4 Å². The Kier molecular flexibility index (Phi) is 4.30. The van der Waals surface area contributed by atoms with E-state index >= 15 is 0 Å².